The molecule has 2 saturated heterocycles. The molecular weight excluding hydrogens is 410 g/mol. The smallest absolute Gasteiger partial charge is 0.225 e. The molecule has 0 spiro atoms. The monoisotopic (exact) mass is 439 g/mol. The second-order valence-electron chi connectivity index (χ2n) is 8.76. The van der Waals surface area contributed by atoms with Gasteiger partial charge in [-0.2, -0.15) is 0 Å². The van der Waals surface area contributed by atoms with Gasteiger partial charge in [0.1, 0.15) is 0 Å². The van der Waals surface area contributed by atoms with Crippen LogP contribution in [0.25, 0.3) is 0 Å². The molecule has 1 aromatic heterocycles. The number of aromatic nitrogens is 1. The molecule has 4 rings (SSSR count). The molecule has 2 aliphatic heterocycles. The van der Waals surface area contributed by atoms with Crippen molar-refractivity contribution in [2.45, 2.75) is 44.9 Å². The lowest BCUT2D eigenvalue weighted by Crippen LogP contribution is -2.46. The number of benzene rings is 1. The lowest BCUT2D eigenvalue weighted by Gasteiger charge is -2.37. The molecule has 2 fully saturated rings. The highest BCUT2D eigenvalue weighted by Crippen LogP contribution is 2.29. The third-order valence-electron chi connectivity index (χ3n) is 6.57. The van der Waals surface area contributed by atoms with Crippen molar-refractivity contribution in [3.63, 3.8) is 0 Å². The lowest BCUT2D eigenvalue weighted by molar-refractivity contribution is -0.141. The average Bonchev–Trinajstić information content (AvgIpc) is 2.80. The molecule has 0 bridgehead atoms. The van der Waals surface area contributed by atoms with Crippen LogP contribution in [0.3, 0.4) is 0 Å². The number of rotatable bonds is 4. The van der Waals surface area contributed by atoms with Crippen molar-refractivity contribution in [3.8, 4) is 0 Å². The van der Waals surface area contributed by atoms with Crippen LogP contribution in [-0.2, 0) is 16.0 Å². The summed E-state index contributed by atoms with van der Waals surface area (Å²) < 4.78 is 0. The summed E-state index contributed by atoms with van der Waals surface area (Å²) in [5, 5.41) is 0.740. The molecule has 0 N–H and O–H groups in total. The van der Waals surface area contributed by atoms with E-state index in [1.165, 1.54) is 5.56 Å². The molecule has 5 nitrogen and oxygen atoms in total. The van der Waals surface area contributed by atoms with E-state index >= 15 is 0 Å². The molecule has 2 aliphatic rings. The van der Waals surface area contributed by atoms with Crippen molar-refractivity contribution in [2.24, 2.45) is 5.92 Å². The topological polar surface area (TPSA) is 53.5 Å². The van der Waals surface area contributed by atoms with Crippen LogP contribution in [0.5, 0.6) is 0 Å². The van der Waals surface area contributed by atoms with Gasteiger partial charge in [0.15, 0.2) is 0 Å². The number of carbonyl (C=O) groups excluding carboxylic acids is 2. The molecule has 1 atom stereocenters. The van der Waals surface area contributed by atoms with E-state index in [-0.39, 0.29) is 23.7 Å². The number of hydrogen-bond acceptors (Lipinski definition) is 3. The van der Waals surface area contributed by atoms with E-state index in [1.54, 1.807) is 6.92 Å². The van der Waals surface area contributed by atoms with Crippen LogP contribution in [0.1, 0.15) is 55.5 Å². The number of halogens is 1. The van der Waals surface area contributed by atoms with Crippen LogP contribution in [0.4, 0.5) is 0 Å². The largest absolute Gasteiger partial charge is 0.343 e. The van der Waals surface area contributed by atoms with Gasteiger partial charge in [0.05, 0.1) is 0 Å². The number of hydrogen-bond donors (Lipinski definition) is 0. The van der Waals surface area contributed by atoms with Crippen LogP contribution < -0.4 is 0 Å². The number of amides is 2. The van der Waals surface area contributed by atoms with Gasteiger partial charge in [0.2, 0.25) is 11.8 Å². The minimum atomic E-state index is 0.0403. The summed E-state index contributed by atoms with van der Waals surface area (Å²) >= 11 is 5.99. The van der Waals surface area contributed by atoms with Gasteiger partial charge in [-0.05, 0) is 55.5 Å². The summed E-state index contributed by atoms with van der Waals surface area (Å²) in [6, 6.07) is 14.1. The van der Waals surface area contributed by atoms with E-state index in [4.69, 9.17) is 16.6 Å². The van der Waals surface area contributed by atoms with E-state index in [0.717, 1.165) is 61.6 Å². The molecule has 31 heavy (non-hydrogen) atoms. The highest BCUT2D eigenvalue weighted by atomic mass is 35.5. The van der Waals surface area contributed by atoms with Crippen molar-refractivity contribution in [1.29, 1.82) is 0 Å². The van der Waals surface area contributed by atoms with Crippen LogP contribution >= 0.6 is 11.6 Å². The minimum Gasteiger partial charge on any atom is -0.343 e. The quantitative estimate of drug-likeness (QED) is 0.714. The molecule has 1 aromatic carbocycles. The van der Waals surface area contributed by atoms with Crippen LogP contribution in [0.2, 0.25) is 5.02 Å². The molecule has 0 saturated carbocycles. The van der Waals surface area contributed by atoms with Crippen molar-refractivity contribution >= 4 is 23.4 Å². The summed E-state index contributed by atoms with van der Waals surface area (Å²) in [4.78, 5) is 33.5. The Morgan fingerprint density at radius 2 is 1.74 bits per heavy atom. The van der Waals surface area contributed by atoms with Crippen molar-refractivity contribution in [3.05, 3.63) is 64.4 Å². The van der Waals surface area contributed by atoms with Gasteiger partial charge in [-0.3, -0.25) is 14.6 Å². The predicted molar refractivity (Wildman–Crippen MR) is 122 cm³/mol. The first-order valence-electron chi connectivity index (χ1n) is 11.2. The van der Waals surface area contributed by atoms with E-state index in [0.29, 0.717) is 13.1 Å². The zero-order chi connectivity index (χ0) is 21.8. The minimum absolute atomic E-state index is 0.0403. The Hall–Kier alpha value is -2.40. The lowest BCUT2D eigenvalue weighted by atomic mass is 9.90. The highest BCUT2D eigenvalue weighted by molar-refractivity contribution is 6.30. The van der Waals surface area contributed by atoms with Crippen LogP contribution in [0, 0.1) is 5.92 Å². The van der Waals surface area contributed by atoms with Gasteiger partial charge in [-0.15, -0.1) is 0 Å². The summed E-state index contributed by atoms with van der Waals surface area (Å²) in [6.45, 7) is 4.55. The van der Waals surface area contributed by atoms with E-state index < -0.39 is 0 Å². The molecular formula is C25H30ClN3O2. The van der Waals surface area contributed by atoms with Crippen LogP contribution in [0.15, 0.2) is 42.5 Å². The van der Waals surface area contributed by atoms with Crippen molar-refractivity contribution in [1.82, 2.24) is 14.8 Å². The molecule has 0 aliphatic carbocycles. The van der Waals surface area contributed by atoms with Gasteiger partial charge in [0, 0.05) is 67.8 Å². The number of piperidine rings is 2. The first kappa shape index (κ1) is 21.8. The Morgan fingerprint density at radius 1 is 1.00 bits per heavy atom. The third-order valence-corrected chi connectivity index (χ3v) is 6.82. The normalized spacial score (nSPS) is 20.0. The Balaban J connectivity index is 1.38. The zero-order valence-corrected chi connectivity index (χ0v) is 18.9. The summed E-state index contributed by atoms with van der Waals surface area (Å²) in [5.41, 5.74) is 3.31. The zero-order valence-electron chi connectivity index (χ0n) is 18.1. The fourth-order valence-corrected chi connectivity index (χ4v) is 4.88. The number of carbonyl (C=O) groups is 2. The maximum atomic E-state index is 13.1. The predicted octanol–water partition coefficient (Wildman–Crippen LogP) is 4.29. The Kier molecular flexibility index (Phi) is 6.91. The maximum absolute atomic E-state index is 13.1. The second-order valence-corrected chi connectivity index (χ2v) is 9.20. The first-order chi connectivity index (χ1) is 15.0. The molecule has 164 valence electrons. The van der Waals surface area contributed by atoms with Gasteiger partial charge in [-0.1, -0.05) is 29.8 Å². The third kappa shape index (κ3) is 5.45. The highest BCUT2D eigenvalue weighted by Gasteiger charge is 2.32. The van der Waals surface area contributed by atoms with Gasteiger partial charge in [0.25, 0.3) is 0 Å². The van der Waals surface area contributed by atoms with Crippen LogP contribution in [-0.4, -0.2) is 52.8 Å². The SMILES string of the molecule is CC(=O)N1CCC(C(=O)N2CCC[C@@H](c3cccc(Cc4ccc(Cl)cc4)n3)C2)CC1. The molecule has 6 heteroatoms. The van der Waals surface area contributed by atoms with Gasteiger partial charge >= 0.3 is 0 Å². The standard InChI is InChI=1S/C25H30ClN3O2/c1-18(30)28-14-11-20(12-15-28)25(31)29-13-3-4-21(17-29)24-6-2-5-23(27-24)16-19-7-9-22(26)10-8-19/h2,5-10,20-21H,3-4,11-17H2,1H3/t21-/m1/s1. The average molecular weight is 440 g/mol. The number of nitrogens with zero attached hydrogens (tertiary/aromatic N) is 3. The fourth-order valence-electron chi connectivity index (χ4n) is 4.75. The van der Waals surface area contributed by atoms with Crippen molar-refractivity contribution < 1.29 is 9.59 Å². The number of pyridine rings is 1. The molecule has 0 unspecified atom stereocenters. The molecule has 2 amide bonds. The maximum Gasteiger partial charge on any atom is 0.225 e. The van der Waals surface area contributed by atoms with E-state index in [2.05, 4.69) is 18.2 Å². The summed E-state index contributed by atoms with van der Waals surface area (Å²) in [6.07, 6.45) is 4.38. The Bertz CT molecular complexity index is 923. The molecule has 3 heterocycles. The molecule has 2 aromatic rings. The van der Waals surface area contributed by atoms with Gasteiger partial charge < -0.3 is 9.80 Å². The van der Waals surface area contributed by atoms with Gasteiger partial charge in [-0.25, -0.2) is 0 Å². The number of likely N-dealkylation sites (tertiary alicyclic amines) is 2. The van der Waals surface area contributed by atoms with Crippen molar-refractivity contribution in [2.75, 3.05) is 26.2 Å². The fraction of sp³-hybridized carbons (Fsp3) is 0.480. The van der Waals surface area contributed by atoms with E-state index in [9.17, 15) is 9.59 Å². The Labute approximate surface area is 189 Å². The summed E-state index contributed by atoms with van der Waals surface area (Å²) in [5.74, 6) is 0.678. The Morgan fingerprint density at radius 3 is 2.45 bits per heavy atom. The molecule has 0 radical (unpaired) electrons. The first-order valence-corrected chi connectivity index (χ1v) is 11.6. The second kappa shape index (κ2) is 9.82. The van der Waals surface area contributed by atoms with E-state index in [1.807, 2.05) is 34.1 Å². The summed E-state index contributed by atoms with van der Waals surface area (Å²) in [7, 11) is 0.